The van der Waals surface area contributed by atoms with Crippen molar-refractivity contribution in [1.29, 1.82) is 0 Å². The number of benzene rings is 1. The van der Waals surface area contributed by atoms with Crippen LogP contribution in [0.2, 0.25) is 0 Å². The van der Waals surface area contributed by atoms with Gasteiger partial charge in [0.1, 0.15) is 5.60 Å². The summed E-state index contributed by atoms with van der Waals surface area (Å²) in [5.74, 6) is -0.322. The first-order valence-corrected chi connectivity index (χ1v) is 6.35. The molecule has 5 heteroatoms. The molecule has 0 atom stereocenters. The van der Waals surface area contributed by atoms with Crippen molar-refractivity contribution in [2.24, 2.45) is 0 Å². The molecule has 0 saturated carbocycles. The second-order valence-corrected chi connectivity index (χ2v) is 5.60. The van der Waals surface area contributed by atoms with Crippen LogP contribution in [0.25, 0.3) is 0 Å². The van der Waals surface area contributed by atoms with Gasteiger partial charge in [-0.25, -0.2) is 4.79 Å². The van der Waals surface area contributed by atoms with E-state index in [9.17, 15) is 4.79 Å². The van der Waals surface area contributed by atoms with E-state index in [1.807, 2.05) is 45.0 Å². The van der Waals surface area contributed by atoms with Crippen molar-refractivity contribution in [3.63, 3.8) is 0 Å². The predicted molar refractivity (Wildman–Crippen MR) is 73.0 cm³/mol. The third-order valence-electron chi connectivity index (χ3n) is 2.57. The van der Waals surface area contributed by atoms with Crippen molar-refractivity contribution in [2.75, 3.05) is 16.5 Å². The number of alkyl halides is 1. The van der Waals surface area contributed by atoms with E-state index in [4.69, 9.17) is 16.3 Å². The number of carbonyl (C=O) groups is 1. The molecule has 1 heterocycles. The Balaban J connectivity index is 2.23. The molecular weight excluding hydrogens is 252 g/mol. The van der Waals surface area contributed by atoms with Crippen molar-refractivity contribution < 1.29 is 9.53 Å². The Bertz CT molecular complexity index is 443. The van der Waals surface area contributed by atoms with Gasteiger partial charge in [0.2, 0.25) is 5.66 Å². The number of ether oxygens (including phenoxy) is 1. The van der Waals surface area contributed by atoms with Crippen LogP contribution in [0.1, 0.15) is 20.8 Å². The van der Waals surface area contributed by atoms with Crippen LogP contribution in [-0.4, -0.2) is 23.1 Å². The molecule has 0 fully saturated rings. The fourth-order valence-corrected chi connectivity index (χ4v) is 2.02. The van der Waals surface area contributed by atoms with Gasteiger partial charge in [-0.1, -0.05) is 12.1 Å². The lowest BCUT2D eigenvalue weighted by Crippen LogP contribution is -2.54. The highest BCUT2D eigenvalue weighted by molar-refractivity contribution is 6.21. The van der Waals surface area contributed by atoms with Crippen LogP contribution in [-0.2, 0) is 9.53 Å². The minimum absolute atomic E-state index is 0.0800. The number of hydrogen-bond donors (Lipinski definition) is 2. The zero-order valence-electron chi connectivity index (χ0n) is 10.7. The van der Waals surface area contributed by atoms with Crippen molar-refractivity contribution in [3.8, 4) is 0 Å². The molecule has 1 aromatic rings. The Morgan fingerprint density at radius 1 is 1.28 bits per heavy atom. The third kappa shape index (κ3) is 2.38. The summed E-state index contributed by atoms with van der Waals surface area (Å²) in [7, 11) is 0. The molecule has 1 aromatic carbocycles. The number of hydrogen-bond acceptors (Lipinski definition) is 4. The van der Waals surface area contributed by atoms with Crippen LogP contribution in [0.5, 0.6) is 0 Å². The minimum Gasteiger partial charge on any atom is -0.457 e. The van der Waals surface area contributed by atoms with Crippen LogP contribution in [0.3, 0.4) is 0 Å². The fraction of sp³-hybridized carbons (Fsp3) is 0.462. The number of esters is 1. The van der Waals surface area contributed by atoms with Crippen molar-refractivity contribution >= 4 is 28.9 Å². The molecule has 0 saturated heterocycles. The van der Waals surface area contributed by atoms with Crippen molar-refractivity contribution in [2.45, 2.75) is 32.0 Å². The average Bonchev–Trinajstić information content (AvgIpc) is 2.66. The van der Waals surface area contributed by atoms with Gasteiger partial charge in [-0.3, -0.25) is 0 Å². The first kappa shape index (κ1) is 13.0. The molecule has 18 heavy (non-hydrogen) atoms. The minimum atomic E-state index is -1.08. The summed E-state index contributed by atoms with van der Waals surface area (Å²) in [6, 6.07) is 7.57. The number of fused-ring (bicyclic) bond motifs is 1. The second-order valence-electron chi connectivity index (χ2n) is 5.34. The lowest BCUT2D eigenvalue weighted by atomic mass is 10.1. The molecule has 0 unspecified atom stereocenters. The lowest BCUT2D eigenvalue weighted by Gasteiger charge is -2.30. The topological polar surface area (TPSA) is 50.4 Å². The molecular formula is C13H17ClN2O2. The maximum atomic E-state index is 12.3. The monoisotopic (exact) mass is 268 g/mol. The maximum Gasteiger partial charge on any atom is 0.354 e. The molecule has 0 amide bonds. The molecule has 1 aliphatic rings. The Morgan fingerprint density at radius 3 is 2.17 bits per heavy atom. The Morgan fingerprint density at radius 2 is 1.78 bits per heavy atom. The van der Waals surface area contributed by atoms with Gasteiger partial charge in [0.05, 0.1) is 17.3 Å². The first-order chi connectivity index (χ1) is 8.36. The maximum absolute atomic E-state index is 12.3. The summed E-state index contributed by atoms with van der Waals surface area (Å²) in [5.41, 5.74) is 0.0697. The molecule has 0 bridgehead atoms. The normalized spacial score (nSPS) is 16.4. The predicted octanol–water partition coefficient (Wildman–Crippen LogP) is 2.80. The number of carbonyl (C=O) groups excluding carboxylic acids is 1. The molecule has 4 nitrogen and oxygen atoms in total. The van der Waals surface area contributed by atoms with Gasteiger partial charge in [0.25, 0.3) is 0 Å². The molecule has 0 spiro atoms. The number of halogens is 1. The molecule has 0 aliphatic carbocycles. The van der Waals surface area contributed by atoms with E-state index in [2.05, 4.69) is 10.6 Å². The van der Waals surface area contributed by atoms with E-state index >= 15 is 0 Å². The number of para-hydroxylation sites is 2. The van der Waals surface area contributed by atoms with E-state index in [-0.39, 0.29) is 5.88 Å². The highest BCUT2D eigenvalue weighted by atomic mass is 35.5. The first-order valence-electron chi connectivity index (χ1n) is 5.81. The summed E-state index contributed by atoms with van der Waals surface area (Å²) in [6.45, 7) is 5.48. The van der Waals surface area contributed by atoms with Crippen LogP contribution in [0, 0.1) is 0 Å². The van der Waals surface area contributed by atoms with Crippen LogP contribution < -0.4 is 10.6 Å². The van der Waals surface area contributed by atoms with Crippen molar-refractivity contribution in [3.05, 3.63) is 24.3 Å². The average molecular weight is 269 g/mol. The Hall–Kier alpha value is -1.42. The number of anilines is 2. The van der Waals surface area contributed by atoms with Crippen molar-refractivity contribution in [1.82, 2.24) is 0 Å². The Labute approximate surface area is 112 Å². The van der Waals surface area contributed by atoms with Gasteiger partial charge in [-0.05, 0) is 32.9 Å². The van der Waals surface area contributed by atoms with Crippen LogP contribution in [0.15, 0.2) is 24.3 Å². The van der Waals surface area contributed by atoms with E-state index in [0.29, 0.717) is 0 Å². The largest absolute Gasteiger partial charge is 0.457 e. The quantitative estimate of drug-likeness (QED) is 0.640. The standard InChI is InChI=1S/C13H17ClN2O2/c1-12(2,3)18-11(17)13(8-14)15-9-6-4-5-7-10(9)16-13/h4-7,15-16H,8H2,1-3H3. The Kier molecular flexibility index (Phi) is 3.15. The molecule has 2 N–H and O–H groups in total. The molecule has 2 rings (SSSR count). The summed E-state index contributed by atoms with van der Waals surface area (Å²) in [6.07, 6.45) is 0. The summed E-state index contributed by atoms with van der Waals surface area (Å²) >= 11 is 5.95. The molecule has 0 radical (unpaired) electrons. The van der Waals surface area contributed by atoms with E-state index in [0.717, 1.165) is 11.4 Å². The fourth-order valence-electron chi connectivity index (χ4n) is 1.78. The number of nitrogens with one attached hydrogen (secondary N) is 2. The lowest BCUT2D eigenvalue weighted by molar-refractivity contribution is -0.158. The molecule has 98 valence electrons. The van der Waals surface area contributed by atoms with Gasteiger partial charge in [0, 0.05) is 0 Å². The van der Waals surface area contributed by atoms with E-state index in [1.54, 1.807) is 0 Å². The SMILES string of the molecule is CC(C)(C)OC(=O)C1(CCl)Nc2ccccc2N1. The van der Waals surface area contributed by atoms with Gasteiger partial charge >= 0.3 is 5.97 Å². The third-order valence-corrected chi connectivity index (χ3v) is 2.97. The number of rotatable bonds is 2. The highest BCUT2D eigenvalue weighted by Gasteiger charge is 2.45. The van der Waals surface area contributed by atoms with Crippen LogP contribution >= 0.6 is 11.6 Å². The van der Waals surface area contributed by atoms with Crippen LogP contribution in [0.4, 0.5) is 11.4 Å². The van der Waals surface area contributed by atoms with Gasteiger partial charge in [-0.2, -0.15) is 0 Å². The van der Waals surface area contributed by atoms with Gasteiger partial charge < -0.3 is 15.4 Å². The molecule has 1 aliphatic heterocycles. The summed E-state index contributed by atoms with van der Waals surface area (Å²) in [4.78, 5) is 12.3. The smallest absolute Gasteiger partial charge is 0.354 e. The zero-order valence-corrected chi connectivity index (χ0v) is 11.5. The van der Waals surface area contributed by atoms with Gasteiger partial charge in [0.15, 0.2) is 0 Å². The highest BCUT2D eigenvalue weighted by Crippen LogP contribution is 2.35. The van der Waals surface area contributed by atoms with E-state index < -0.39 is 17.2 Å². The van der Waals surface area contributed by atoms with Gasteiger partial charge in [-0.15, -0.1) is 11.6 Å². The summed E-state index contributed by atoms with van der Waals surface area (Å²) in [5, 5.41) is 6.20. The van der Waals surface area contributed by atoms with E-state index in [1.165, 1.54) is 0 Å². The molecule has 0 aromatic heterocycles. The second kappa shape index (κ2) is 4.35. The zero-order chi connectivity index (χ0) is 13.4. The summed E-state index contributed by atoms with van der Waals surface area (Å²) < 4.78 is 5.40.